The number of hydrogen-bond acceptors (Lipinski definition) is 3. The van der Waals surface area contributed by atoms with Crippen molar-refractivity contribution in [3.05, 3.63) is 0 Å². The maximum absolute atomic E-state index is 12.2. The molecule has 0 radical (unpaired) electrons. The highest BCUT2D eigenvalue weighted by Gasteiger charge is 2.26. The van der Waals surface area contributed by atoms with Crippen LogP contribution in [0.15, 0.2) is 0 Å². The zero-order valence-corrected chi connectivity index (χ0v) is 12.5. The van der Waals surface area contributed by atoms with Gasteiger partial charge in [-0.25, -0.2) is 4.79 Å². The summed E-state index contributed by atoms with van der Waals surface area (Å²) < 4.78 is 5.05. The van der Waals surface area contributed by atoms with Gasteiger partial charge in [0.05, 0.1) is 12.6 Å². The van der Waals surface area contributed by atoms with Crippen LogP contribution < -0.4 is 5.32 Å². The van der Waals surface area contributed by atoms with Crippen molar-refractivity contribution in [2.45, 2.75) is 52.1 Å². The van der Waals surface area contributed by atoms with Crippen molar-refractivity contribution in [1.82, 2.24) is 10.2 Å². The highest BCUT2D eigenvalue weighted by Crippen LogP contribution is 2.12. The first kappa shape index (κ1) is 17.7. The van der Waals surface area contributed by atoms with E-state index in [1.807, 2.05) is 27.7 Å². The largest absolute Gasteiger partial charge is 0.481 e. The van der Waals surface area contributed by atoms with Crippen LogP contribution in [0.25, 0.3) is 0 Å². The number of urea groups is 1. The van der Waals surface area contributed by atoms with E-state index in [2.05, 4.69) is 5.32 Å². The number of ether oxygens (including phenoxy) is 1. The van der Waals surface area contributed by atoms with Crippen LogP contribution in [0.4, 0.5) is 4.79 Å². The molecule has 0 aromatic heterocycles. The Kier molecular flexibility index (Phi) is 7.44. The summed E-state index contributed by atoms with van der Waals surface area (Å²) in [6.07, 6.45) is 0.428. The van der Waals surface area contributed by atoms with Gasteiger partial charge < -0.3 is 20.1 Å². The molecule has 0 spiro atoms. The maximum atomic E-state index is 12.2. The summed E-state index contributed by atoms with van der Waals surface area (Å²) in [5.74, 6) is -0.859. The van der Waals surface area contributed by atoms with Gasteiger partial charge in [0.2, 0.25) is 0 Å². The highest BCUT2D eigenvalue weighted by atomic mass is 16.5. The first-order chi connectivity index (χ1) is 8.73. The minimum atomic E-state index is -0.859. The number of amides is 2. The second kappa shape index (κ2) is 7.99. The second-order valence-corrected chi connectivity index (χ2v) is 5.30. The van der Waals surface area contributed by atoms with Gasteiger partial charge in [-0.15, -0.1) is 0 Å². The first-order valence-corrected chi connectivity index (χ1v) is 6.53. The third-order valence-corrected chi connectivity index (χ3v) is 2.95. The number of nitrogens with one attached hydrogen (secondary N) is 1. The summed E-state index contributed by atoms with van der Waals surface area (Å²) in [7, 11) is 1.60. The maximum Gasteiger partial charge on any atom is 0.318 e. The minimum absolute atomic E-state index is 0.0229. The summed E-state index contributed by atoms with van der Waals surface area (Å²) in [5, 5.41) is 11.6. The molecule has 6 nitrogen and oxygen atoms in total. The summed E-state index contributed by atoms with van der Waals surface area (Å²) in [4.78, 5) is 24.4. The number of carboxylic acids is 1. The number of aliphatic carboxylic acids is 1. The van der Waals surface area contributed by atoms with E-state index in [0.717, 1.165) is 0 Å². The van der Waals surface area contributed by atoms with Crippen LogP contribution in [0, 0.1) is 0 Å². The fourth-order valence-electron chi connectivity index (χ4n) is 1.83. The van der Waals surface area contributed by atoms with E-state index in [4.69, 9.17) is 9.84 Å². The lowest BCUT2D eigenvalue weighted by atomic mass is 9.98. The Balaban J connectivity index is 4.49. The molecule has 0 heterocycles. The van der Waals surface area contributed by atoms with E-state index >= 15 is 0 Å². The number of carbonyl (C=O) groups excluding carboxylic acids is 1. The number of nitrogens with zero attached hydrogens (tertiary/aromatic N) is 1. The molecule has 0 aromatic carbocycles. The molecular weight excluding hydrogens is 248 g/mol. The van der Waals surface area contributed by atoms with Gasteiger partial charge in [0.15, 0.2) is 0 Å². The van der Waals surface area contributed by atoms with E-state index in [0.29, 0.717) is 19.6 Å². The Morgan fingerprint density at radius 3 is 2.42 bits per heavy atom. The van der Waals surface area contributed by atoms with Gasteiger partial charge in [0, 0.05) is 25.6 Å². The number of methoxy groups -OCH3 is 1. The van der Waals surface area contributed by atoms with Crippen LogP contribution in [0.5, 0.6) is 0 Å². The molecule has 1 atom stereocenters. The summed E-state index contributed by atoms with van der Waals surface area (Å²) >= 11 is 0. The average molecular weight is 274 g/mol. The van der Waals surface area contributed by atoms with Crippen LogP contribution in [0.3, 0.4) is 0 Å². The zero-order chi connectivity index (χ0) is 15.1. The van der Waals surface area contributed by atoms with Crippen molar-refractivity contribution in [1.29, 1.82) is 0 Å². The van der Waals surface area contributed by atoms with Gasteiger partial charge in [-0.3, -0.25) is 4.79 Å². The van der Waals surface area contributed by atoms with Gasteiger partial charge in [-0.1, -0.05) is 0 Å². The molecule has 19 heavy (non-hydrogen) atoms. The molecule has 6 heteroatoms. The fraction of sp³-hybridized carbons (Fsp3) is 0.846. The number of hydrogen-bond donors (Lipinski definition) is 2. The quantitative estimate of drug-likeness (QED) is 0.706. The topological polar surface area (TPSA) is 78.9 Å². The predicted octanol–water partition coefficient (Wildman–Crippen LogP) is 1.70. The number of rotatable bonds is 8. The monoisotopic (exact) mass is 274 g/mol. The fourth-order valence-corrected chi connectivity index (χ4v) is 1.83. The van der Waals surface area contributed by atoms with Gasteiger partial charge in [-0.05, 0) is 34.1 Å². The molecule has 0 aliphatic rings. The molecule has 0 aliphatic heterocycles. The second-order valence-electron chi connectivity index (χ2n) is 5.30. The van der Waals surface area contributed by atoms with Gasteiger partial charge >= 0.3 is 12.0 Å². The Hall–Kier alpha value is -1.30. The molecule has 0 saturated carbocycles. The lowest BCUT2D eigenvalue weighted by Crippen LogP contribution is -2.53. The van der Waals surface area contributed by atoms with E-state index in [1.165, 1.54) is 0 Å². The van der Waals surface area contributed by atoms with Gasteiger partial charge in [0.25, 0.3) is 0 Å². The number of carbonyl (C=O) groups is 2. The zero-order valence-electron chi connectivity index (χ0n) is 12.5. The van der Waals surface area contributed by atoms with Crippen LogP contribution in [0.1, 0.15) is 40.5 Å². The molecule has 0 saturated heterocycles. The first-order valence-electron chi connectivity index (χ1n) is 6.53. The molecule has 1 unspecified atom stereocenters. The van der Waals surface area contributed by atoms with Crippen molar-refractivity contribution in [2.24, 2.45) is 0 Å². The smallest absolute Gasteiger partial charge is 0.318 e. The van der Waals surface area contributed by atoms with Crippen molar-refractivity contribution in [2.75, 3.05) is 20.3 Å². The van der Waals surface area contributed by atoms with Crippen molar-refractivity contribution >= 4 is 12.0 Å². The van der Waals surface area contributed by atoms with Gasteiger partial charge in [0.1, 0.15) is 0 Å². The summed E-state index contributed by atoms with van der Waals surface area (Å²) in [5.41, 5.74) is -0.546. The third-order valence-electron chi connectivity index (χ3n) is 2.95. The SMILES string of the molecule is CCN(C(=O)NC(C)(C)CCC(=O)O)C(C)COC. The standard InChI is InChI=1S/C13H26N2O4/c1-6-15(10(2)9-19-5)12(18)14-13(3,4)8-7-11(16)17/h10H,6-9H2,1-5H3,(H,14,18)(H,16,17). The molecule has 2 amide bonds. The predicted molar refractivity (Wildman–Crippen MR) is 73.2 cm³/mol. The average Bonchev–Trinajstić information content (AvgIpc) is 2.27. The summed E-state index contributed by atoms with van der Waals surface area (Å²) in [6, 6.07) is -0.215. The van der Waals surface area contributed by atoms with Crippen LogP contribution in [-0.2, 0) is 9.53 Å². The van der Waals surface area contributed by atoms with E-state index in [-0.39, 0.29) is 18.5 Å². The van der Waals surface area contributed by atoms with Crippen molar-refractivity contribution in [3.63, 3.8) is 0 Å². The minimum Gasteiger partial charge on any atom is -0.481 e. The molecule has 0 aliphatic carbocycles. The molecule has 0 aromatic rings. The normalized spacial score (nSPS) is 12.9. The molecule has 2 N–H and O–H groups in total. The Bertz CT molecular complexity index is 305. The third kappa shape index (κ3) is 7.00. The van der Waals surface area contributed by atoms with E-state index in [1.54, 1.807) is 12.0 Å². The number of carboxylic acid groups (broad SMARTS) is 1. The van der Waals surface area contributed by atoms with Crippen molar-refractivity contribution in [3.8, 4) is 0 Å². The van der Waals surface area contributed by atoms with Crippen LogP contribution >= 0.6 is 0 Å². The van der Waals surface area contributed by atoms with Crippen LogP contribution in [-0.4, -0.2) is 53.8 Å². The molecule has 0 rings (SSSR count). The Labute approximate surface area is 115 Å². The van der Waals surface area contributed by atoms with E-state index in [9.17, 15) is 9.59 Å². The summed E-state index contributed by atoms with van der Waals surface area (Å²) in [6.45, 7) is 8.50. The molecule has 0 bridgehead atoms. The highest BCUT2D eigenvalue weighted by molar-refractivity contribution is 5.75. The van der Waals surface area contributed by atoms with Gasteiger partial charge in [-0.2, -0.15) is 0 Å². The lowest BCUT2D eigenvalue weighted by Gasteiger charge is -2.33. The van der Waals surface area contributed by atoms with Crippen LogP contribution in [0.2, 0.25) is 0 Å². The molecule has 0 fully saturated rings. The Morgan fingerprint density at radius 1 is 1.42 bits per heavy atom. The Morgan fingerprint density at radius 2 is 2.00 bits per heavy atom. The molecular formula is C13H26N2O4. The van der Waals surface area contributed by atoms with E-state index < -0.39 is 11.5 Å². The van der Waals surface area contributed by atoms with Crippen molar-refractivity contribution < 1.29 is 19.4 Å². The number of likely N-dealkylation sites (N-methyl/N-ethyl adjacent to an activating group) is 1. The molecule has 112 valence electrons. The lowest BCUT2D eigenvalue weighted by molar-refractivity contribution is -0.137.